The lowest BCUT2D eigenvalue weighted by atomic mass is 10.1. The monoisotopic (exact) mass is 220 g/mol. The van der Waals surface area contributed by atoms with Gasteiger partial charge in [0.05, 0.1) is 0 Å². The Hall–Kier alpha value is -1.51. The van der Waals surface area contributed by atoms with Crippen molar-refractivity contribution in [3.05, 3.63) is 35.4 Å². The minimum atomic E-state index is -0.373. The second kappa shape index (κ2) is 6.16. The normalized spacial score (nSPS) is 10.1. The summed E-state index contributed by atoms with van der Waals surface area (Å²) in [6.45, 7) is 2.85. The van der Waals surface area contributed by atoms with Gasteiger partial charge in [0.1, 0.15) is 0 Å². The van der Waals surface area contributed by atoms with E-state index in [2.05, 4.69) is 31.2 Å². The molecule has 0 aliphatic rings. The second-order valence-electron chi connectivity index (χ2n) is 4.08. The van der Waals surface area contributed by atoms with Gasteiger partial charge in [-0.2, -0.15) is 0 Å². The topological polar surface area (TPSA) is 46.3 Å². The SMILES string of the molecule is CCCc1ccc(CCN(C)C(N)=O)cc1. The minimum Gasteiger partial charge on any atom is -0.351 e. The first-order valence-electron chi connectivity index (χ1n) is 5.72. The number of primary amides is 1. The molecule has 16 heavy (non-hydrogen) atoms. The van der Waals surface area contributed by atoms with Gasteiger partial charge in [0.25, 0.3) is 0 Å². The Morgan fingerprint density at radius 3 is 2.12 bits per heavy atom. The third-order valence-electron chi connectivity index (χ3n) is 2.67. The van der Waals surface area contributed by atoms with Gasteiger partial charge in [0.2, 0.25) is 0 Å². The molecule has 2 N–H and O–H groups in total. The van der Waals surface area contributed by atoms with Gasteiger partial charge >= 0.3 is 6.03 Å². The van der Waals surface area contributed by atoms with Gasteiger partial charge in [0, 0.05) is 13.6 Å². The van der Waals surface area contributed by atoms with Gasteiger partial charge in [0.15, 0.2) is 0 Å². The van der Waals surface area contributed by atoms with Crippen LogP contribution in [0.1, 0.15) is 24.5 Å². The van der Waals surface area contributed by atoms with Gasteiger partial charge < -0.3 is 10.6 Å². The lowest BCUT2D eigenvalue weighted by Crippen LogP contribution is -2.33. The molecule has 2 amide bonds. The molecule has 1 rings (SSSR count). The molecule has 0 saturated carbocycles. The summed E-state index contributed by atoms with van der Waals surface area (Å²) in [4.78, 5) is 12.3. The van der Waals surface area contributed by atoms with E-state index >= 15 is 0 Å². The molecule has 0 bridgehead atoms. The van der Waals surface area contributed by atoms with Gasteiger partial charge in [-0.1, -0.05) is 37.6 Å². The van der Waals surface area contributed by atoms with Crippen molar-refractivity contribution >= 4 is 6.03 Å². The fraction of sp³-hybridized carbons (Fsp3) is 0.462. The van der Waals surface area contributed by atoms with E-state index in [-0.39, 0.29) is 6.03 Å². The number of carbonyl (C=O) groups excluding carboxylic acids is 1. The first kappa shape index (κ1) is 12.6. The fourth-order valence-corrected chi connectivity index (χ4v) is 1.57. The Morgan fingerprint density at radius 1 is 1.19 bits per heavy atom. The first-order chi connectivity index (χ1) is 7.63. The predicted molar refractivity (Wildman–Crippen MR) is 66.4 cm³/mol. The van der Waals surface area contributed by atoms with Crippen molar-refractivity contribution in [3.63, 3.8) is 0 Å². The van der Waals surface area contributed by atoms with E-state index < -0.39 is 0 Å². The van der Waals surface area contributed by atoms with Gasteiger partial charge in [-0.3, -0.25) is 0 Å². The Balaban J connectivity index is 2.46. The quantitative estimate of drug-likeness (QED) is 0.812. The van der Waals surface area contributed by atoms with Crippen LogP contribution >= 0.6 is 0 Å². The third-order valence-corrected chi connectivity index (χ3v) is 2.67. The van der Waals surface area contributed by atoms with Crippen molar-refractivity contribution in [1.82, 2.24) is 4.90 Å². The lowest BCUT2D eigenvalue weighted by molar-refractivity contribution is 0.219. The molecule has 0 saturated heterocycles. The highest BCUT2D eigenvalue weighted by Crippen LogP contribution is 2.07. The molecule has 0 fully saturated rings. The summed E-state index contributed by atoms with van der Waals surface area (Å²) in [5, 5.41) is 0. The lowest BCUT2D eigenvalue weighted by Gasteiger charge is -2.13. The van der Waals surface area contributed by atoms with Crippen LogP contribution in [0.5, 0.6) is 0 Å². The van der Waals surface area contributed by atoms with E-state index in [0.717, 1.165) is 12.8 Å². The number of rotatable bonds is 5. The Labute approximate surface area is 97.2 Å². The molecule has 3 heteroatoms. The molecule has 0 heterocycles. The van der Waals surface area contributed by atoms with Crippen LogP contribution in [0.3, 0.4) is 0 Å². The molecule has 0 aliphatic heterocycles. The van der Waals surface area contributed by atoms with Gasteiger partial charge in [-0.05, 0) is 24.0 Å². The first-order valence-corrected chi connectivity index (χ1v) is 5.72. The Kier molecular flexibility index (Phi) is 4.83. The Morgan fingerprint density at radius 2 is 1.69 bits per heavy atom. The predicted octanol–water partition coefficient (Wildman–Crippen LogP) is 2.19. The average molecular weight is 220 g/mol. The van der Waals surface area contributed by atoms with Crippen molar-refractivity contribution in [2.45, 2.75) is 26.2 Å². The molecule has 88 valence electrons. The maximum absolute atomic E-state index is 10.8. The smallest absolute Gasteiger partial charge is 0.314 e. The number of nitrogens with zero attached hydrogens (tertiary/aromatic N) is 1. The number of hydrogen-bond donors (Lipinski definition) is 1. The van der Waals surface area contributed by atoms with Crippen LogP contribution in [0.4, 0.5) is 4.79 Å². The molecule has 0 aromatic heterocycles. The maximum Gasteiger partial charge on any atom is 0.314 e. The number of likely N-dealkylation sites (N-methyl/N-ethyl adjacent to an activating group) is 1. The molecule has 0 radical (unpaired) electrons. The zero-order valence-electron chi connectivity index (χ0n) is 10.1. The number of urea groups is 1. The summed E-state index contributed by atoms with van der Waals surface area (Å²) < 4.78 is 0. The Bertz CT molecular complexity index is 332. The van der Waals surface area contributed by atoms with E-state index in [0.29, 0.717) is 6.54 Å². The average Bonchev–Trinajstić information content (AvgIpc) is 2.28. The minimum absolute atomic E-state index is 0.373. The van der Waals surface area contributed by atoms with Crippen LogP contribution in [0.15, 0.2) is 24.3 Å². The highest BCUT2D eigenvalue weighted by atomic mass is 16.2. The van der Waals surface area contributed by atoms with Crippen LogP contribution in [-0.2, 0) is 12.8 Å². The van der Waals surface area contributed by atoms with E-state index in [1.54, 1.807) is 7.05 Å². The number of carbonyl (C=O) groups is 1. The van der Waals surface area contributed by atoms with E-state index in [9.17, 15) is 4.79 Å². The van der Waals surface area contributed by atoms with E-state index in [1.807, 2.05) is 0 Å². The van der Waals surface area contributed by atoms with Crippen molar-refractivity contribution in [2.24, 2.45) is 5.73 Å². The van der Waals surface area contributed by atoms with Crippen molar-refractivity contribution in [2.75, 3.05) is 13.6 Å². The molecule has 0 atom stereocenters. The molecule has 1 aromatic rings. The zero-order chi connectivity index (χ0) is 12.0. The number of benzene rings is 1. The number of hydrogen-bond acceptors (Lipinski definition) is 1. The van der Waals surface area contributed by atoms with Crippen LogP contribution < -0.4 is 5.73 Å². The molecular weight excluding hydrogens is 200 g/mol. The summed E-state index contributed by atoms with van der Waals surface area (Å²) in [5.41, 5.74) is 7.76. The van der Waals surface area contributed by atoms with Gasteiger partial charge in [-0.25, -0.2) is 4.79 Å². The van der Waals surface area contributed by atoms with Crippen LogP contribution in [0.2, 0.25) is 0 Å². The number of nitrogens with two attached hydrogens (primary N) is 1. The fourth-order valence-electron chi connectivity index (χ4n) is 1.57. The summed E-state index contributed by atoms with van der Waals surface area (Å²) >= 11 is 0. The molecule has 1 aromatic carbocycles. The van der Waals surface area contributed by atoms with Crippen molar-refractivity contribution in [3.8, 4) is 0 Å². The van der Waals surface area contributed by atoms with Gasteiger partial charge in [-0.15, -0.1) is 0 Å². The maximum atomic E-state index is 10.8. The summed E-state index contributed by atoms with van der Waals surface area (Å²) in [5.74, 6) is 0. The molecule has 3 nitrogen and oxygen atoms in total. The van der Waals surface area contributed by atoms with Crippen molar-refractivity contribution in [1.29, 1.82) is 0 Å². The van der Waals surface area contributed by atoms with E-state index in [4.69, 9.17) is 5.73 Å². The van der Waals surface area contributed by atoms with Crippen LogP contribution in [0, 0.1) is 0 Å². The summed E-state index contributed by atoms with van der Waals surface area (Å²) in [6, 6.07) is 8.19. The largest absolute Gasteiger partial charge is 0.351 e. The van der Waals surface area contributed by atoms with Crippen LogP contribution in [-0.4, -0.2) is 24.5 Å². The number of aryl methyl sites for hydroxylation is 1. The van der Waals surface area contributed by atoms with Crippen molar-refractivity contribution < 1.29 is 4.79 Å². The summed E-state index contributed by atoms with van der Waals surface area (Å²) in [7, 11) is 1.72. The second-order valence-corrected chi connectivity index (χ2v) is 4.08. The number of amides is 2. The third kappa shape index (κ3) is 3.93. The summed E-state index contributed by atoms with van der Waals surface area (Å²) in [6.07, 6.45) is 3.15. The van der Waals surface area contributed by atoms with Crippen LogP contribution in [0.25, 0.3) is 0 Å². The highest BCUT2D eigenvalue weighted by Gasteiger charge is 2.02. The highest BCUT2D eigenvalue weighted by molar-refractivity contribution is 5.71. The molecule has 0 spiro atoms. The standard InChI is InChI=1S/C13H20N2O/c1-3-4-11-5-7-12(8-6-11)9-10-15(2)13(14)16/h5-8H,3-4,9-10H2,1-2H3,(H2,14,16). The molecule has 0 unspecified atom stereocenters. The molecule has 0 aliphatic carbocycles. The molecular formula is C13H20N2O. The zero-order valence-corrected chi connectivity index (χ0v) is 10.1. The van der Waals surface area contributed by atoms with E-state index in [1.165, 1.54) is 22.4 Å².